The lowest BCUT2D eigenvalue weighted by molar-refractivity contribution is 0.0601. The highest BCUT2D eigenvalue weighted by molar-refractivity contribution is 5.96. The van der Waals surface area contributed by atoms with E-state index in [2.05, 4.69) is 16.8 Å². The first-order valence-corrected chi connectivity index (χ1v) is 7.73. The molecule has 0 aliphatic carbocycles. The fourth-order valence-electron chi connectivity index (χ4n) is 2.85. The standard InChI is InChI=1S/C17H25N3O3/c1-4-6-13-11-20(7-5-8-22-2)15-10-12(17(21)23-3)9-14(18)16(15)19-13/h4,9-10,13,19H,1,5-8,11,18H2,2-3H3/t13-/m0/s1. The van der Waals surface area contributed by atoms with Crippen LogP contribution < -0.4 is 16.0 Å². The van der Waals surface area contributed by atoms with Gasteiger partial charge in [0.05, 0.1) is 29.7 Å². The van der Waals surface area contributed by atoms with Crippen molar-refractivity contribution in [1.82, 2.24) is 0 Å². The van der Waals surface area contributed by atoms with Gasteiger partial charge in [0, 0.05) is 32.8 Å². The molecule has 0 spiro atoms. The smallest absolute Gasteiger partial charge is 0.338 e. The summed E-state index contributed by atoms with van der Waals surface area (Å²) >= 11 is 0. The van der Waals surface area contributed by atoms with E-state index >= 15 is 0 Å². The predicted molar refractivity (Wildman–Crippen MR) is 93.1 cm³/mol. The number of anilines is 3. The third-order valence-electron chi connectivity index (χ3n) is 3.93. The molecule has 0 saturated heterocycles. The van der Waals surface area contributed by atoms with Crippen LogP contribution in [0.3, 0.4) is 0 Å². The molecule has 1 atom stereocenters. The number of hydrogen-bond acceptors (Lipinski definition) is 6. The molecule has 1 aliphatic rings. The van der Waals surface area contributed by atoms with Crippen molar-refractivity contribution >= 4 is 23.0 Å². The summed E-state index contributed by atoms with van der Waals surface area (Å²) in [7, 11) is 3.06. The van der Waals surface area contributed by atoms with Gasteiger partial charge >= 0.3 is 5.97 Å². The summed E-state index contributed by atoms with van der Waals surface area (Å²) < 4.78 is 9.95. The molecule has 0 saturated carbocycles. The van der Waals surface area contributed by atoms with Gasteiger partial charge in [0.2, 0.25) is 0 Å². The minimum Gasteiger partial charge on any atom is -0.465 e. The zero-order valence-corrected chi connectivity index (χ0v) is 13.8. The van der Waals surface area contributed by atoms with Crippen LogP contribution in [0.15, 0.2) is 24.8 Å². The Labute approximate surface area is 137 Å². The summed E-state index contributed by atoms with van der Waals surface area (Å²) in [5.41, 5.74) is 8.98. The number of nitrogens with zero attached hydrogens (tertiary/aromatic N) is 1. The fourth-order valence-corrected chi connectivity index (χ4v) is 2.85. The molecule has 0 unspecified atom stereocenters. The molecule has 2 rings (SSSR count). The van der Waals surface area contributed by atoms with Gasteiger partial charge in [0.15, 0.2) is 0 Å². The number of nitrogens with two attached hydrogens (primary N) is 1. The van der Waals surface area contributed by atoms with E-state index in [1.165, 1.54) is 7.11 Å². The number of rotatable bonds is 7. The Hall–Kier alpha value is -2.21. The highest BCUT2D eigenvalue weighted by Crippen LogP contribution is 2.37. The van der Waals surface area contributed by atoms with Crippen molar-refractivity contribution in [1.29, 1.82) is 0 Å². The lowest BCUT2D eigenvalue weighted by atomic mass is 10.0. The number of fused-ring (bicyclic) bond motifs is 1. The zero-order valence-electron chi connectivity index (χ0n) is 13.8. The van der Waals surface area contributed by atoms with Crippen molar-refractivity contribution in [2.45, 2.75) is 18.9 Å². The highest BCUT2D eigenvalue weighted by Gasteiger charge is 2.26. The molecular weight excluding hydrogens is 294 g/mol. The third-order valence-corrected chi connectivity index (χ3v) is 3.93. The summed E-state index contributed by atoms with van der Waals surface area (Å²) in [4.78, 5) is 14.1. The molecule has 0 radical (unpaired) electrons. The van der Waals surface area contributed by atoms with Crippen LogP contribution >= 0.6 is 0 Å². The van der Waals surface area contributed by atoms with Gasteiger partial charge in [0.25, 0.3) is 0 Å². The van der Waals surface area contributed by atoms with E-state index in [0.29, 0.717) is 17.9 Å². The lowest BCUT2D eigenvalue weighted by Gasteiger charge is -2.38. The van der Waals surface area contributed by atoms with Crippen LogP contribution in [0.5, 0.6) is 0 Å². The minimum atomic E-state index is -0.385. The number of benzene rings is 1. The van der Waals surface area contributed by atoms with Crippen molar-refractivity contribution in [2.24, 2.45) is 0 Å². The quantitative estimate of drug-likeness (QED) is 0.347. The Kier molecular flexibility index (Phi) is 5.87. The van der Waals surface area contributed by atoms with E-state index in [0.717, 1.165) is 37.3 Å². The maximum Gasteiger partial charge on any atom is 0.338 e. The normalized spacial score (nSPS) is 16.4. The van der Waals surface area contributed by atoms with Gasteiger partial charge < -0.3 is 25.4 Å². The third kappa shape index (κ3) is 3.96. The Morgan fingerprint density at radius 1 is 1.52 bits per heavy atom. The summed E-state index contributed by atoms with van der Waals surface area (Å²) in [6.45, 7) is 6.16. The van der Waals surface area contributed by atoms with E-state index in [-0.39, 0.29) is 12.0 Å². The minimum absolute atomic E-state index is 0.244. The van der Waals surface area contributed by atoms with E-state index in [4.69, 9.17) is 15.2 Å². The van der Waals surface area contributed by atoms with Crippen molar-refractivity contribution < 1.29 is 14.3 Å². The number of hydrogen-bond donors (Lipinski definition) is 2. The molecule has 1 heterocycles. The molecule has 0 amide bonds. The van der Waals surface area contributed by atoms with Gasteiger partial charge in [-0.15, -0.1) is 6.58 Å². The van der Waals surface area contributed by atoms with Crippen LogP contribution in [-0.4, -0.2) is 45.9 Å². The average Bonchev–Trinajstić information content (AvgIpc) is 2.55. The van der Waals surface area contributed by atoms with Crippen LogP contribution in [0.4, 0.5) is 17.1 Å². The second kappa shape index (κ2) is 7.87. The molecule has 6 nitrogen and oxygen atoms in total. The number of ether oxygens (including phenoxy) is 2. The summed E-state index contributed by atoms with van der Waals surface area (Å²) in [5, 5.41) is 3.45. The summed E-state index contributed by atoms with van der Waals surface area (Å²) in [5.74, 6) is -0.385. The Bertz CT molecular complexity index is 574. The van der Waals surface area contributed by atoms with E-state index in [9.17, 15) is 4.79 Å². The topological polar surface area (TPSA) is 76.8 Å². The van der Waals surface area contributed by atoms with Crippen molar-refractivity contribution in [3.63, 3.8) is 0 Å². The first-order chi connectivity index (χ1) is 11.1. The van der Waals surface area contributed by atoms with E-state index < -0.39 is 0 Å². The van der Waals surface area contributed by atoms with E-state index in [1.807, 2.05) is 12.1 Å². The van der Waals surface area contributed by atoms with Gasteiger partial charge in [-0.3, -0.25) is 0 Å². The van der Waals surface area contributed by atoms with Crippen LogP contribution in [-0.2, 0) is 9.47 Å². The molecular formula is C17H25N3O3. The van der Waals surface area contributed by atoms with Crippen LogP contribution in [0.25, 0.3) is 0 Å². The monoisotopic (exact) mass is 319 g/mol. The molecule has 0 fully saturated rings. The van der Waals surface area contributed by atoms with Gasteiger partial charge in [-0.2, -0.15) is 0 Å². The van der Waals surface area contributed by atoms with Gasteiger partial charge in [-0.25, -0.2) is 4.79 Å². The van der Waals surface area contributed by atoms with Crippen LogP contribution in [0, 0.1) is 0 Å². The van der Waals surface area contributed by atoms with Gasteiger partial charge in [-0.1, -0.05) is 6.08 Å². The molecule has 0 aromatic heterocycles. The maximum absolute atomic E-state index is 11.8. The Morgan fingerprint density at radius 3 is 2.96 bits per heavy atom. The molecule has 1 aromatic carbocycles. The number of nitrogen functional groups attached to an aromatic ring is 1. The number of carbonyl (C=O) groups excluding carboxylic acids is 1. The Balaban J connectivity index is 2.34. The lowest BCUT2D eigenvalue weighted by Crippen LogP contribution is -2.42. The highest BCUT2D eigenvalue weighted by atomic mass is 16.5. The van der Waals surface area contributed by atoms with E-state index in [1.54, 1.807) is 13.2 Å². The molecule has 3 N–H and O–H groups in total. The molecule has 1 aromatic rings. The SMILES string of the molecule is C=CC[C@H]1CN(CCCOC)c2cc(C(=O)OC)cc(N)c2N1. The molecule has 126 valence electrons. The number of carbonyl (C=O) groups is 1. The molecule has 23 heavy (non-hydrogen) atoms. The van der Waals surface area contributed by atoms with Gasteiger partial charge in [-0.05, 0) is 25.0 Å². The van der Waals surface area contributed by atoms with Crippen molar-refractivity contribution in [2.75, 3.05) is 49.9 Å². The molecule has 6 heteroatoms. The zero-order chi connectivity index (χ0) is 16.8. The first kappa shape index (κ1) is 17.1. The summed E-state index contributed by atoms with van der Waals surface area (Å²) in [6.07, 6.45) is 3.65. The predicted octanol–water partition coefficient (Wildman–Crippen LogP) is 2.27. The van der Waals surface area contributed by atoms with Crippen molar-refractivity contribution in [3.8, 4) is 0 Å². The average molecular weight is 319 g/mol. The second-order valence-corrected chi connectivity index (χ2v) is 5.61. The maximum atomic E-state index is 11.8. The fraction of sp³-hybridized carbons (Fsp3) is 0.471. The van der Waals surface area contributed by atoms with Crippen molar-refractivity contribution in [3.05, 3.63) is 30.4 Å². The molecule has 0 bridgehead atoms. The largest absolute Gasteiger partial charge is 0.465 e. The number of methoxy groups -OCH3 is 2. The second-order valence-electron chi connectivity index (χ2n) is 5.61. The first-order valence-electron chi connectivity index (χ1n) is 7.73. The Morgan fingerprint density at radius 2 is 2.30 bits per heavy atom. The van der Waals surface area contributed by atoms with Gasteiger partial charge in [0.1, 0.15) is 0 Å². The number of esters is 1. The molecule has 1 aliphatic heterocycles. The van der Waals surface area contributed by atoms with Crippen LogP contribution in [0.2, 0.25) is 0 Å². The summed E-state index contributed by atoms with van der Waals surface area (Å²) in [6, 6.07) is 3.73. The van der Waals surface area contributed by atoms with Crippen LogP contribution in [0.1, 0.15) is 23.2 Å². The number of nitrogens with one attached hydrogen (secondary N) is 1.